The van der Waals surface area contributed by atoms with Gasteiger partial charge in [0.05, 0.1) is 4.92 Å². The molecule has 1 rings (SSSR count). The van der Waals surface area contributed by atoms with Crippen molar-refractivity contribution in [2.45, 2.75) is 0 Å². The monoisotopic (exact) mass is 279 g/mol. The number of hydrogen-bond acceptors (Lipinski definition) is 5. The van der Waals surface area contributed by atoms with Crippen LogP contribution < -0.4 is 10.6 Å². The normalized spacial score (nSPS) is 9.45. The molecule has 2 N–H and O–H groups in total. The van der Waals surface area contributed by atoms with Gasteiger partial charge in [0.15, 0.2) is 0 Å². The SMILES string of the molecule is C=C(COC(=O)Nc1ccc([N+](=O)[O-])cc1)C(=O)NC. The van der Waals surface area contributed by atoms with Crippen LogP contribution in [-0.4, -0.2) is 30.6 Å². The van der Waals surface area contributed by atoms with Gasteiger partial charge in [0.2, 0.25) is 5.91 Å². The van der Waals surface area contributed by atoms with E-state index in [1.807, 2.05) is 0 Å². The van der Waals surface area contributed by atoms with Gasteiger partial charge in [-0.15, -0.1) is 0 Å². The average Bonchev–Trinajstić information content (AvgIpc) is 2.44. The van der Waals surface area contributed by atoms with Gasteiger partial charge in [-0.05, 0) is 12.1 Å². The molecule has 2 amide bonds. The van der Waals surface area contributed by atoms with Crippen LogP contribution in [0.25, 0.3) is 0 Å². The fourth-order valence-electron chi connectivity index (χ4n) is 1.22. The van der Waals surface area contributed by atoms with Crippen molar-refractivity contribution in [3.05, 3.63) is 46.5 Å². The second kappa shape index (κ2) is 6.88. The van der Waals surface area contributed by atoms with Gasteiger partial charge in [0.25, 0.3) is 5.69 Å². The number of carbonyl (C=O) groups is 2. The van der Waals surface area contributed by atoms with E-state index >= 15 is 0 Å². The summed E-state index contributed by atoms with van der Waals surface area (Å²) in [5, 5.41) is 15.2. The van der Waals surface area contributed by atoms with Crippen molar-refractivity contribution in [3.8, 4) is 0 Å². The third kappa shape index (κ3) is 4.41. The first-order valence-electron chi connectivity index (χ1n) is 5.52. The van der Waals surface area contributed by atoms with Crippen LogP contribution >= 0.6 is 0 Å². The quantitative estimate of drug-likeness (QED) is 0.481. The topological polar surface area (TPSA) is 111 Å². The number of ether oxygens (including phenoxy) is 1. The third-order valence-corrected chi connectivity index (χ3v) is 2.25. The van der Waals surface area contributed by atoms with E-state index in [1.54, 1.807) is 0 Å². The van der Waals surface area contributed by atoms with E-state index in [2.05, 4.69) is 17.2 Å². The van der Waals surface area contributed by atoms with Crippen molar-refractivity contribution < 1.29 is 19.2 Å². The highest BCUT2D eigenvalue weighted by atomic mass is 16.6. The lowest BCUT2D eigenvalue weighted by Crippen LogP contribution is -2.24. The van der Waals surface area contributed by atoms with E-state index in [-0.39, 0.29) is 17.9 Å². The number of anilines is 1. The fourth-order valence-corrected chi connectivity index (χ4v) is 1.22. The summed E-state index contributed by atoms with van der Waals surface area (Å²) in [5.41, 5.74) is 0.356. The molecule has 1 aromatic carbocycles. The smallest absolute Gasteiger partial charge is 0.411 e. The minimum atomic E-state index is -0.788. The molecule has 8 nitrogen and oxygen atoms in total. The molecule has 0 saturated heterocycles. The van der Waals surface area contributed by atoms with Gasteiger partial charge in [0.1, 0.15) is 6.61 Å². The third-order valence-electron chi connectivity index (χ3n) is 2.25. The maximum absolute atomic E-state index is 11.4. The Hall–Kier alpha value is -2.90. The Morgan fingerprint density at radius 2 is 1.95 bits per heavy atom. The molecule has 0 aliphatic carbocycles. The van der Waals surface area contributed by atoms with E-state index in [0.29, 0.717) is 5.69 Å². The van der Waals surface area contributed by atoms with E-state index in [1.165, 1.54) is 31.3 Å². The van der Waals surface area contributed by atoms with Crippen molar-refractivity contribution in [2.75, 3.05) is 19.0 Å². The van der Waals surface area contributed by atoms with E-state index in [4.69, 9.17) is 4.74 Å². The molecule has 0 spiro atoms. The van der Waals surface area contributed by atoms with Gasteiger partial charge in [-0.1, -0.05) is 6.58 Å². The Bertz CT molecular complexity index is 539. The molecule has 0 heterocycles. The number of non-ortho nitro benzene ring substituents is 1. The Labute approximate surface area is 114 Å². The van der Waals surface area contributed by atoms with Crippen molar-refractivity contribution in [1.82, 2.24) is 5.32 Å². The average molecular weight is 279 g/mol. The van der Waals surface area contributed by atoms with Gasteiger partial charge in [0, 0.05) is 30.4 Å². The fraction of sp³-hybridized carbons (Fsp3) is 0.167. The molecule has 0 fully saturated rings. The summed E-state index contributed by atoms with van der Waals surface area (Å²) in [5.74, 6) is -0.423. The number of nitro groups is 1. The number of nitro benzene ring substituents is 1. The summed E-state index contributed by atoms with van der Waals surface area (Å²) in [6, 6.07) is 5.23. The van der Waals surface area contributed by atoms with Gasteiger partial charge < -0.3 is 10.1 Å². The van der Waals surface area contributed by atoms with Gasteiger partial charge in [-0.25, -0.2) is 4.79 Å². The molecule has 0 aliphatic rings. The van der Waals surface area contributed by atoms with E-state index < -0.39 is 16.9 Å². The number of carbonyl (C=O) groups excluding carboxylic acids is 2. The molecule has 0 radical (unpaired) electrons. The maximum atomic E-state index is 11.4. The maximum Gasteiger partial charge on any atom is 0.411 e. The molecular formula is C12H13N3O5. The largest absolute Gasteiger partial charge is 0.444 e. The number of nitrogens with zero attached hydrogens (tertiary/aromatic N) is 1. The molecule has 20 heavy (non-hydrogen) atoms. The highest BCUT2D eigenvalue weighted by Crippen LogP contribution is 2.15. The minimum absolute atomic E-state index is 0.0862. The molecule has 0 saturated carbocycles. The highest BCUT2D eigenvalue weighted by Gasteiger charge is 2.10. The summed E-state index contributed by atoms with van der Waals surface area (Å²) in [7, 11) is 1.43. The number of benzene rings is 1. The first-order valence-corrected chi connectivity index (χ1v) is 5.52. The van der Waals surface area contributed by atoms with E-state index in [9.17, 15) is 19.7 Å². The van der Waals surface area contributed by atoms with Crippen molar-refractivity contribution in [2.24, 2.45) is 0 Å². The lowest BCUT2D eigenvalue weighted by Gasteiger charge is -2.07. The lowest BCUT2D eigenvalue weighted by atomic mass is 10.3. The molecule has 0 aromatic heterocycles. The predicted molar refractivity (Wildman–Crippen MR) is 71.3 cm³/mol. The van der Waals surface area contributed by atoms with Crippen molar-refractivity contribution in [3.63, 3.8) is 0 Å². The first kappa shape index (κ1) is 15.2. The summed E-state index contributed by atoms with van der Waals surface area (Å²) in [6.07, 6.45) is -0.788. The molecule has 0 bridgehead atoms. The standard InChI is InChI=1S/C12H13N3O5/c1-8(11(16)13-2)7-20-12(17)14-9-3-5-10(6-4-9)15(18)19/h3-6H,1,7H2,2H3,(H,13,16)(H,14,17). The zero-order valence-corrected chi connectivity index (χ0v) is 10.7. The summed E-state index contributed by atoms with van der Waals surface area (Å²) in [6.45, 7) is 3.19. The number of nitrogens with one attached hydrogen (secondary N) is 2. The number of hydrogen-bond donors (Lipinski definition) is 2. The second-order valence-corrected chi connectivity index (χ2v) is 3.69. The number of likely N-dealkylation sites (N-methyl/N-ethyl adjacent to an activating group) is 1. The minimum Gasteiger partial charge on any atom is -0.444 e. The lowest BCUT2D eigenvalue weighted by molar-refractivity contribution is -0.384. The Morgan fingerprint density at radius 3 is 2.45 bits per heavy atom. The van der Waals surface area contributed by atoms with Crippen LogP contribution in [-0.2, 0) is 9.53 Å². The van der Waals surface area contributed by atoms with Crippen LogP contribution in [0.3, 0.4) is 0 Å². The van der Waals surface area contributed by atoms with Gasteiger partial charge >= 0.3 is 6.09 Å². The van der Waals surface area contributed by atoms with Crippen LogP contribution in [0, 0.1) is 10.1 Å². The van der Waals surface area contributed by atoms with Crippen LogP contribution in [0.2, 0.25) is 0 Å². The van der Waals surface area contributed by atoms with Crippen LogP contribution in [0.1, 0.15) is 0 Å². The molecule has 8 heteroatoms. The van der Waals surface area contributed by atoms with Crippen LogP contribution in [0.5, 0.6) is 0 Å². The molecular weight excluding hydrogens is 266 g/mol. The number of rotatable bonds is 5. The zero-order chi connectivity index (χ0) is 15.1. The molecule has 0 unspecified atom stereocenters. The molecule has 1 aromatic rings. The first-order chi connectivity index (χ1) is 9.43. The zero-order valence-electron chi connectivity index (χ0n) is 10.7. The molecule has 0 atom stereocenters. The van der Waals surface area contributed by atoms with Crippen molar-refractivity contribution in [1.29, 1.82) is 0 Å². The van der Waals surface area contributed by atoms with Gasteiger partial charge in [-0.3, -0.25) is 20.2 Å². The van der Waals surface area contributed by atoms with Crippen molar-refractivity contribution >= 4 is 23.4 Å². The van der Waals surface area contributed by atoms with Crippen LogP contribution in [0.4, 0.5) is 16.2 Å². The Balaban J connectivity index is 2.48. The predicted octanol–water partition coefficient (Wildman–Crippen LogP) is 1.45. The summed E-state index contributed by atoms with van der Waals surface area (Å²) < 4.78 is 4.76. The van der Waals surface area contributed by atoms with Crippen LogP contribution in [0.15, 0.2) is 36.4 Å². The molecule has 106 valence electrons. The molecule has 0 aliphatic heterocycles. The van der Waals surface area contributed by atoms with Gasteiger partial charge in [-0.2, -0.15) is 0 Å². The summed E-state index contributed by atoms with van der Waals surface area (Å²) >= 11 is 0. The number of amides is 2. The Kier molecular flexibility index (Phi) is 5.21. The van der Waals surface area contributed by atoms with E-state index in [0.717, 1.165) is 0 Å². The Morgan fingerprint density at radius 1 is 1.35 bits per heavy atom. The second-order valence-electron chi connectivity index (χ2n) is 3.69. The summed E-state index contributed by atoms with van der Waals surface area (Å²) in [4.78, 5) is 32.4. The highest BCUT2D eigenvalue weighted by molar-refractivity contribution is 5.93.